The molecule has 11 heavy (non-hydrogen) atoms. The molecule has 0 saturated heterocycles. The zero-order valence-corrected chi connectivity index (χ0v) is 5.81. The second-order valence-corrected chi connectivity index (χ2v) is 2.00. The van der Waals surface area contributed by atoms with E-state index in [4.69, 9.17) is 10.5 Å². The summed E-state index contributed by atoms with van der Waals surface area (Å²) < 4.78 is 0. The molecular weight excluding hydrogens is 150 g/mol. The number of aryl methyl sites for hydroxylation is 1. The van der Waals surface area contributed by atoms with Crippen LogP contribution in [0.4, 0.5) is 0 Å². The summed E-state index contributed by atoms with van der Waals surface area (Å²) in [5.41, 5.74) is 0.758. The summed E-state index contributed by atoms with van der Waals surface area (Å²) in [5, 5.41) is 16.4. The van der Waals surface area contributed by atoms with Gasteiger partial charge in [0.15, 0.2) is 0 Å². The molecular formula is C6H7NO4. The molecule has 0 fully saturated rings. The van der Waals surface area contributed by atoms with Crippen LogP contribution in [0.3, 0.4) is 0 Å². The first-order chi connectivity index (χ1) is 5.26. The Labute approximate surface area is 62.7 Å². The molecule has 1 aromatic heterocycles. The lowest BCUT2D eigenvalue weighted by Gasteiger charge is -1.99. The lowest BCUT2D eigenvalue weighted by Crippen LogP contribution is -1.93. The Kier molecular flexibility index (Phi) is 2.25. The average Bonchev–Trinajstić information content (AvgIpc) is 2.03. The molecule has 1 heterocycles. The molecule has 0 saturated carbocycles. The fourth-order valence-electron chi connectivity index (χ4n) is 0.698. The van der Waals surface area contributed by atoms with E-state index in [1.807, 2.05) is 0 Å². The molecule has 0 radical (unpaired) electrons. The highest BCUT2D eigenvalue weighted by Gasteiger charge is 2.01. The predicted molar refractivity (Wildman–Crippen MR) is 35.5 cm³/mol. The molecule has 0 spiro atoms. The fraction of sp³-hybridized carbons (Fsp3) is 0.167. The molecule has 5 nitrogen and oxygen atoms in total. The summed E-state index contributed by atoms with van der Waals surface area (Å²) in [7, 11) is 0. The molecule has 0 bridgehead atoms. The molecule has 5 heteroatoms. The summed E-state index contributed by atoms with van der Waals surface area (Å²) in [6.07, 6.45) is 0. The number of pyridine rings is 1. The highest BCUT2D eigenvalue weighted by molar-refractivity contribution is 5.26. The first kappa shape index (κ1) is 7.77. The van der Waals surface area contributed by atoms with Crippen molar-refractivity contribution in [3.05, 3.63) is 17.7 Å². The largest absolute Gasteiger partial charge is 0.319 e. The van der Waals surface area contributed by atoms with Crippen LogP contribution < -0.4 is 9.78 Å². The van der Waals surface area contributed by atoms with E-state index in [0.717, 1.165) is 5.56 Å². The molecule has 0 atom stereocenters. The van der Waals surface area contributed by atoms with Crippen molar-refractivity contribution in [3.63, 3.8) is 0 Å². The first-order valence-corrected chi connectivity index (χ1v) is 2.88. The van der Waals surface area contributed by atoms with Crippen molar-refractivity contribution in [1.29, 1.82) is 0 Å². The molecule has 1 aromatic rings. The van der Waals surface area contributed by atoms with Crippen LogP contribution in [0.25, 0.3) is 0 Å². The smallest absolute Gasteiger partial charge is 0.259 e. The van der Waals surface area contributed by atoms with E-state index >= 15 is 0 Å². The Morgan fingerprint density at radius 2 is 1.64 bits per heavy atom. The van der Waals surface area contributed by atoms with Gasteiger partial charge in [-0.25, -0.2) is 10.5 Å². The van der Waals surface area contributed by atoms with Gasteiger partial charge in [0.05, 0.1) is 0 Å². The number of aromatic nitrogens is 1. The van der Waals surface area contributed by atoms with Crippen molar-refractivity contribution >= 4 is 0 Å². The van der Waals surface area contributed by atoms with Gasteiger partial charge in [-0.2, -0.15) is 4.98 Å². The van der Waals surface area contributed by atoms with Crippen LogP contribution in [-0.2, 0) is 0 Å². The van der Waals surface area contributed by atoms with Gasteiger partial charge in [0.25, 0.3) is 11.8 Å². The Morgan fingerprint density at radius 1 is 1.18 bits per heavy atom. The summed E-state index contributed by atoms with van der Waals surface area (Å²) in [6, 6.07) is 2.98. The van der Waals surface area contributed by atoms with Crippen LogP contribution in [0.5, 0.6) is 11.8 Å². The van der Waals surface area contributed by atoms with Crippen molar-refractivity contribution in [2.45, 2.75) is 6.92 Å². The second-order valence-electron chi connectivity index (χ2n) is 2.00. The molecule has 0 unspecified atom stereocenters. The van der Waals surface area contributed by atoms with Gasteiger partial charge >= 0.3 is 0 Å². The molecule has 60 valence electrons. The summed E-state index contributed by atoms with van der Waals surface area (Å²) in [4.78, 5) is 11.2. The van der Waals surface area contributed by atoms with Gasteiger partial charge in [0.2, 0.25) is 0 Å². The van der Waals surface area contributed by atoms with Gasteiger partial charge in [-0.3, -0.25) is 0 Å². The average molecular weight is 157 g/mol. The minimum absolute atomic E-state index is 0.0194. The van der Waals surface area contributed by atoms with Crippen molar-refractivity contribution in [2.24, 2.45) is 0 Å². The molecule has 0 amide bonds. The maximum absolute atomic E-state index is 8.18. The molecule has 0 aliphatic heterocycles. The molecule has 2 N–H and O–H groups in total. The maximum Gasteiger partial charge on any atom is 0.259 e. The quantitative estimate of drug-likeness (QED) is 0.496. The Hall–Kier alpha value is -1.33. The summed E-state index contributed by atoms with van der Waals surface area (Å²) >= 11 is 0. The zero-order chi connectivity index (χ0) is 8.27. The Bertz CT molecular complexity index is 228. The van der Waals surface area contributed by atoms with Gasteiger partial charge < -0.3 is 9.78 Å². The summed E-state index contributed by atoms with van der Waals surface area (Å²) in [6.45, 7) is 1.74. The van der Waals surface area contributed by atoms with Crippen LogP contribution in [0.15, 0.2) is 12.1 Å². The van der Waals surface area contributed by atoms with Crippen LogP contribution in [0.1, 0.15) is 5.56 Å². The van der Waals surface area contributed by atoms with Crippen LogP contribution in [0, 0.1) is 6.92 Å². The minimum atomic E-state index is -0.0194. The third-order valence-electron chi connectivity index (χ3n) is 1.11. The summed E-state index contributed by atoms with van der Waals surface area (Å²) in [5.74, 6) is -0.0388. The maximum atomic E-state index is 8.18. The first-order valence-electron chi connectivity index (χ1n) is 2.88. The van der Waals surface area contributed by atoms with Crippen molar-refractivity contribution in [2.75, 3.05) is 0 Å². The van der Waals surface area contributed by atoms with Gasteiger partial charge in [-0.1, -0.05) is 0 Å². The molecule has 1 rings (SSSR count). The Balaban J connectivity index is 3.02. The number of nitrogens with zero attached hydrogens (tertiary/aromatic N) is 1. The molecule has 0 aliphatic carbocycles. The molecule has 0 aliphatic rings. The standard InChI is InChI=1S/C6H7NO4/c1-4-2-5(10-8)7-6(3-4)11-9/h2-3,8-9H,1H3. The minimum Gasteiger partial charge on any atom is -0.319 e. The van der Waals surface area contributed by atoms with E-state index in [2.05, 4.69) is 14.8 Å². The Morgan fingerprint density at radius 3 is 2.00 bits per heavy atom. The van der Waals surface area contributed by atoms with E-state index < -0.39 is 0 Å². The third-order valence-corrected chi connectivity index (χ3v) is 1.11. The van der Waals surface area contributed by atoms with Crippen molar-refractivity contribution in [1.82, 2.24) is 4.98 Å². The topological polar surface area (TPSA) is 71.8 Å². The third kappa shape index (κ3) is 1.79. The highest BCUT2D eigenvalue weighted by atomic mass is 17.1. The predicted octanol–water partition coefficient (Wildman–Crippen LogP) is 1.09. The van der Waals surface area contributed by atoms with E-state index in [0.29, 0.717) is 0 Å². The van der Waals surface area contributed by atoms with E-state index in [1.54, 1.807) is 6.92 Å². The lowest BCUT2D eigenvalue weighted by atomic mass is 10.3. The normalized spacial score (nSPS) is 9.36. The van der Waals surface area contributed by atoms with E-state index in [-0.39, 0.29) is 11.8 Å². The number of hydrogen-bond donors (Lipinski definition) is 2. The zero-order valence-electron chi connectivity index (χ0n) is 5.81. The number of rotatable bonds is 2. The van der Waals surface area contributed by atoms with Crippen LogP contribution >= 0.6 is 0 Å². The second kappa shape index (κ2) is 3.18. The van der Waals surface area contributed by atoms with Gasteiger partial charge in [-0.05, 0) is 12.5 Å². The van der Waals surface area contributed by atoms with E-state index in [1.165, 1.54) is 12.1 Å². The number of hydrogen-bond acceptors (Lipinski definition) is 5. The van der Waals surface area contributed by atoms with Gasteiger partial charge in [0, 0.05) is 12.1 Å². The van der Waals surface area contributed by atoms with Crippen molar-refractivity contribution < 1.29 is 20.3 Å². The lowest BCUT2D eigenvalue weighted by molar-refractivity contribution is -0.152. The van der Waals surface area contributed by atoms with Gasteiger partial charge in [-0.15, -0.1) is 0 Å². The van der Waals surface area contributed by atoms with Crippen LogP contribution in [0.2, 0.25) is 0 Å². The SMILES string of the molecule is Cc1cc(OO)nc(OO)c1. The fourth-order valence-corrected chi connectivity index (χ4v) is 0.698. The van der Waals surface area contributed by atoms with E-state index in [9.17, 15) is 0 Å². The highest BCUT2D eigenvalue weighted by Crippen LogP contribution is 2.15. The monoisotopic (exact) mass is 157 g/mol. The molecule has 0 aromatic carbocycles. The van der Waals surface area contributed by atoms with Gasteiger partial charge in [0.1, 0.15) is 0 Å². The van der Waals surface area contributed by atoms with Crippen molar-refractivity contribution in [3.8, 4) is 11.8 Å². The van der Waals surface area contributed by atoms with Crippen LogP contribution in [-0.4, -0.2) is 15.5 Å².